The van der Waals surface area contributed by atoms with Crippen molar-refractivity contribution < 1.29 is 0 Å². The van der Waals surface area contributed by atoms with Crippen LogP contribution in [0.1, 0.15) is 31.7 Å². The van der Waals surface area contributed by atoms with Gasteiger partial charge in [-0.05, 0) is 58.8 Å². The minimum Gasteiger partial charge on any atom is -0.320 e. The summed E-state index contributed by atoms with van der Waals surface area (Å²) in [7, 11) is 2.04. The summed E-state index contributed by atoms with van der Waals surface area (Å²) in [6, 6.07) is 0. The number of aromatic nitrogens is 2. The van der Waals surface area contributed by atoms with E-state index in [9.17, 15) is 0 Å². The Hall–Kier alpha value is -0.870. The Morgan fingerprint density at radius 2 is 2.17 bits per heavy atom. The number of hydrogen-bond donors (Lipinski definition) is 1. The van der Waals surface area contributed by atoms with Crippen LogP contribution in [-0.4, -0.2) is 41.4 Å². The molecule has 4 heteroatoms. The topological polar surface area (TPSA) is 33.1 Å². The van der Waals surface area contributed by atoms with Gasteiger partial charge in [0.05, 0.1) is 6.20 Å². The van der Waals surface area contributed by atoms with Gasteiger partial charge in [0, 0.05) is 24.8 Å². The Morgan fingerprint density at radius 3 is 2.78 bits per heavy atom. The molecule has 0 bridgehead atoms. The van der Waals surface area contributed by atoms with E-state index in [1.807, 2.05) is 17.9 Å². The van der Waals surface area contributed by atoms with Crippen LogP contribution in [0.15, 0.2) is 12.4 Å². The number of piperidine rings is 1. The first-order valence-corrected chi connectivity index (χ1v) is 7.20. The summed E-state index contributed by atoms with van der Waals surface area (Å²) in [5, 5.41) is 7.59. The molecule has 1 fully saturated rings. The van der Waals surface area contributed by atoms with Gasteiger partial charge in [-0.15, -0.1) is 0 Å². The van der Waals surface area contributed by atoms with E-state index in [4.69, 9.17) is 0 Å². The van der Waals surface area contributed by atoms with Gasteiger partial charge in [0.2, 0.25) is 0 Å². The molecule has 1 aliphatic rings. The van der Waals surface area contributed by atoms with Gasteiger partial charge < -0.3 is 5.32 Å². The summed E-state index contributed by atoms with van der Waals surface area (Å²) in [6.07, 6.45) is 8.22. The molecule has 0 aromatic carbocycles. The van der Waals surface area contributed by atoms with Crippen LogP contribution in [-0.2, 0) is 13.1 Å². The van der Waals surface area contributed by atoms with Crippen LogP contribution in [0.25, 0.3) is 0 Å². The highest BCUT2D eigenvalue weighted by Crippen LogP contribution is 2.21. The van der Waals surface area contributed by atoms with E-state index in [1.54, 1.807) is 0 Å². The van der Waals surface area contributed by atoms with Crippen molar-refractivity contribution in [1.82, 2.24) is 20.0 Å². The van der Waals surface area contributed by atoms with E-state index in [-0.39, 0.29) is 0 Å². The average Bonchev–Trinajstić information content (AvgIpc) is 2.86. The van der Waals surface area contributed by atoms with Gasteiger partial charge in [-0.1, -0.05) is 0 Å². The standard InChI is InChI=1S/C14H26N4/c1-3-18-12-14(10-16-18)11-17-8-5-13(6-9-17)4-7-15-2/h10,12-13,15H,3-9,11H2,1-2H3. The van der Waals surface area contributed by atoms with Gasteiger partial charge in [-0.3, -0.25) is 9.58 Å². The molecular formula is C14H26N4. The van der Waals surface area contributed by atoms with Crippen LogP contribution >= 0.6 is 0 Å². The Labute approximate surface area is 110 Å². The smallest absolute Gasteiger partial charge is 0.0534 e. The molecule has 0 radical (unpaired) electrons. The maximum absolute atomic E-state index is 4.34. The van der Waals surface area contributed by atoms with E-state index in [0.717, 1.165) is 25.6 Å². The third kappa shape index (κ3) is 3.82. The minimum absolute atomic E-state index is 0.923. The highest BCUT2D eigenvalue weighted by Gasteiger charge is 2.18. The fraction of sp³-hybridized carbons (Fsp3) is 0.786. The highest BCUT2D eigenvalue weighted by molar-refractivity contribution is 5.03. The van der Waals surface area contributed by atoms with E-state index in [0.29, 0.717) is 0 Å². The fourth-order valence-electron chi connectivity index (χ4n) is 2.70. The molecule has 2 heterocycles. The molecule has 0 saturated carbocycles. The van der Waals surface area contributed by atoms with Crippen molar-refractivity contribution in [3.8, 4) is 0 Å². The molecule has 2 rings (SSSR count). The Bertz CT molecular complexity index is 339. The second kappa shape index (κ2) is 6.90. The lowest BCUT2D eigenvalue weighted by molar-refractivity contribution is 0.172. The first-order valence-electron chi connectivity index (χ1n) is 7.20. The zero-order valence-electron chi connectivity index (χ0n) is 11.7. The van der Waals surface area contributed by atoms with Crippen LogP contribution in [0.5, 0.6) is 0 Å². The molecule has 1 N–H and O–H groups in total. The molecule has 1 aliphatic heterocycles. The largest absolute Gasteiger partial charge is 0.320 e. The van der Waals surface area contributed by atoms with Crippen molar-refractivity contribution in [2.45, 2.75) is 39.3 Å². The number of rotatable bonds is 6. The summed E-state index contributed by atoms with van der Waals surface area (Å²) in [5.41, 5.74) is 1.35. The molecule has 0 atom stereocenters. The molecule has 0 aliphatic carbocycles. The Morgan fingerprint density at radius 1 is 1.39 bits per heavy atom. The first-order chi connectivity index (χ1) is 8.81. The second-order valence-electron chi connectivity index (χ2n) is 5.32. The van der Waals surface area contributed by atoms with E-state index >= 15 is 0 Å². The summed E-state index contributed by atoms with van der Waals surface area (Å²) in [6.45, 7) is 7.81. The summed E-state index contributed by atoms with van der Waals surface area (Å²) in [4.78, 5) is 2.56. The predicted molar refractivity (Wildman–Crippen MR) is 74.4 cm³/mol. The van der Waals surface area contributed by atoms with Crippen molar-refractivity contribution in [1.29, 1.82) is 0 Å². The Balaban J connectivity index is 1.73. The molecular weight excluding hydrogens is 224 g/mol. The predicted octanol–water partition coefficient (Wildman–Crippen LogP) is 1.72. The van der Waals surface area contributed by atoms with Crippen LogP contribution in [0.3, 0.4) is 0 Å². The molecule has 1 aromatic rings. The molecule has 18 heavy (non-hydrogen) atoms. The summed E-state index contributed by atoms with van der Waals surface area (Å²) < 4.78 is 2.01. The lowest BCUT2D eigenvalue weighted by Crippen LogP contribution is -2.33. The lowest BCUT2D eigenvalue weighted by atomic mass is 9.93. The number of hydrogen-bond acceptors (Lipinski definition) is 3. The molecule has 102 valence electrons. The number of aryl methyl sites for hydroxylation is 1. The molecule has 4 nitrogen and oxygen atoms in total. The number of likely N-dealkylation sites (tertiary alicyclic amines) is 1. The fourth-order valence-corrected chi connectivity index (χ4v) is 2.70. The van der Waals surface area contributed by atoms with Gasteiger partial charge >= 0.3 is 0 Å². The van der Waals surface area contributed by atoms with E-state index in [2.05, 4.69) is 28.4 Å². The zero-order chi connectivity index (χ0) is 12.8. The van der Waals surface area contributed by atoms with Crippen LogP contribution in [0, 0.1) is 5.92 Å². The van der Waals surface area contributed by atoms with E-state index in [1.165, 1.54) is 37.9 Å². The lowest BCUT2D eigenvalue weighted by Gasteiger charge is -2.31. The van der Waals surface area contributed by atoms with Crippen molar-refractivity contribution in [2.24, 2.45) is 5.92 Å². The van der Waals surface area contributed by atoms with Crippen LogP contribution in [0.2, 0.25) is 0 Å². The monoisotopic (exact) mass is 250 g/mol. The Kier molecular flexibility index (Phi) is 5.20. The normalized spacial score (nSPS) is 18.3. The summed E-state index contributed by atoms with van der Waals surface area (Å²) >= 11 is 0. The first kappa shape index (κ1) is 13.6. The average molecular weight is 250 g/mol. The molecule has 0 amide bonds. The van der Waals surface area contributed by atoms with Gasteiger partial charge in [0.15, 0.2) is 0 Å². The third-order valence-corrected chi connectivity index (χ3v) is 3.93. The van der Waals surface area contributed by atoms with Crippen molar-refractivity contribution >= 4 is 0 Å². The maximum Gasteiger partial charge on any atom is 0.0534 e. The van der Waals surface area contributed by atoms with Crippen molar-refractivity contribution in [3.63, 3.8) is 0 Å². The number of nitrogens with zero attached hydrogens (tertiary/aromatic N) is 3. The van der Waals surface area contributed by atoms with E-state index < -0.39 is 0 Å². The van der Waals surface area contributed by atoms with Gasteiger partial charge in [0.25, 0.3) is 0 Å². The second-order valence-corrected chi connectivity index (χ2v) is 5.32. The maximum atomic E-state index is 4.34. The zero-order valence-corrected chi connectivity index (χ0v) is 11.7. The molecule has 1 aromatic heterocycles. The van der Waals surface area contributed by atoms with Crippen LogP contribution < -0.4 is 5.32 Å². The molecule has 0 unspecified atom stereocenters. The van der Waals surface area contributed by atoms with Gasteiger partial charge in [-0.25, -0.2) is 0 Å². The summed E-state index contributed by atoms with van der Waals surface area (Å²) in [5.74, 6) is 0.923. The van der Waals surface area contributed by atoms with Crippen molar-refractivity contribution in [3.05, 3.63) is 18.0 Å². The van der Waals surface area contributed by atoms with Crippen LogP contribution in [0.4, 0.5) is 0 Å². The van der Waals surface area contributed by atoms with Gasteiger partial charge in [0.1, 0.15) is 0 Å². The highest BCUT2D eigenvalue weighted by atomic mass is 15.3. The molecule has 1 saturated heterocycles. The van der Waals surface area contributed by atoms with Crippen molar-refractivity contribution in [2.75, 3.05) is 26.7 Å². The number of nitrogens with one attached hydrogen (secondary N) is 1. The minimum atomic E-state index is 0.923. The third-order valence-electron chi connectivity index (χ3n) is 3.93. The SMILES string of the molecule is CCn1cc(CN2CCC(CCNC)CC2)cn1. The quantitative estimate of drug-likeness (QED) is 0.834. The molecule has 0 spiro atoms. The van der Waals surface area contributed by atoms with Gasteiger partial charge in [-0.2, -0.15) is 5.10 Å².